The average Bonchev–Trinajstić information content (AvgIpc) is 3.66. The van der Waals surface area contributed by atoms with Crippen molar-refractivity contribution < 1.29 is 24.2 Å². The summed E-state index contributed by atoms with van der Waals surface area (Å²) < 4.78 is 12.7. The number of hydrogen-bond donors (Lipinski definition) is 1. The molecule has 232 valence electrons. The molecule has 1 N–H and O–H groups in total. The third-order valence-corrected chi connectivity index (χ3v) is 9.52. The molecule has 0 aliphatic carbocycles. The molecule has 4 aromatic carbocycles. The molecule has 0 spiro atoms. The van der Waals surface area contributed by atoms with Gasteiger partial charge in [0.05, 0.1) is 18.2 Å². The zero-order valence-corrected chi connectivity index (χ0v) is 26.9. The molecular formula is C36H31N3O5S2. The number of anilines is 1. The Hall–Kier alpha value is -4.93. The summed E-state index contributed by atoms with van der Waals surface area (Å²) >= 11 is 2.72. The topological polar surface area (TPSA) is 102 Å². The van der Waals surface area contributed by atoms with Crippen LogP contribution >= 0.6 is 23.1 Å². The maximum Gasteiger partial charge on any atom is 0.301 e. The van der Waals surface area contributed by atoms with Crippen molar-refractivity contribution in [1.82, 2.24) is 10.2 Å². The minimum absolute atomic E-state index is 0.0411. The SMILES string of the molecule is CCOc1cc(C2/C(=C(\O)c3ccccc3)C(=O)C(=O)N2c2nnc(SCc3ccc(C)cc3)s2)ccc1OCc1ccccc1. The molecule has 8 nitrogen and oxygen atoms in total. The second kappa shape index (κ2) is 14.0. The highest BCUT2D eigenvalue weighted by Crippen LogP contribution is 2.45. The van der Waals surface area contributed by atoms with Crippen molar-refractivity contribution in [1.29, 1.82) is 0 Å². The first-order chi connectivity index (χ1) is 22.4. The van der Waals surface area contributed by atoms with Crippen molar-refractivity contribution in [3.63, 3.8) is 0 Å². The summed E-state index contributed by atoms with van der Waals surface area (Å²) in [5.74, 6) is -0.234. The van der Waals surface area contributed by atoms with Crippen LogP contribution in [0.1, 0.15) is 40.8 Å². The lowest BCUT2D eigenvalue weighted by Gasteiger charge is -2.23. The Labute approximate surface area is 275 Å². The molecule has 2 heterocycles. The number of benzene rings is 4. The minimum atomic E-state index is -0.981. The Morgan fingerprint density at radius 1 is 0.870 bits per heavy atom. The normalized spacial score (nSPS) is 15.7. The van der Waals surface area contributed by atoms with Crippen LogP contribution in [0.4, 0.5) is 5.13 Å². The van der Waals surface area contributed by atoms with E-state index >= 15 is 0 Å². The maximum atomic E-state index is 13.7. The summed E-state index contributed by atoms with van der Waals surface area (Å²) in [6, 6.07) is 31.0. The number of amides is 1. The van der Waals surface area contributed by atoms with Crippen molar-refractivity contribution in [2.24, 2.45) is 0 Å². The number of aliphatic hydroxyl groups is 1. The number of hydrogen-bond acceptors (Lipinski definition) is 9. The van der Waals surface area contributed by atoms with Gasteiger partial charge in [-0.3, -0.25) is 14.5 Å². The third kappa shape index (κ3) is 6.68. The number of ether oxygens (including phenoxy) is 2. The molecule has 10 heteroatoms. The predicted molar refractivity (Wildman–Crippen MR) is 180 cm³/mol. The van der Waals surface area contributed by atoms with Gasteiger partial charge in [0.25, 0.3) is 5.78 Å². The van der Waals surface area contributed by atoms with Crippen LogP contribution in [0.5, 0.6) is 11.5 Å². The van der Waals surface area contributed by atoms with Crippen LogP contribution in [0.15, 0.2) is 113 Å². The molecule has 1 fully saturated rings. The molecule has 6 rings (SSSR count). The van der Waals surface area contributed by atoms with Crippen LogP contribution in [0, 0.1) is 6.92 Å². The van der Waals surface area contributed by atoms with E-state index < -0.39 is 17.7 Å². The first-order valence-electron chi connectivity index (χ1n) is 14.7. The van der Waals surface area contributed by atoms with E-state index in [0.717, 1.165) is 11.1 Å². The van der Waals surface area contributed by atoms with E-state index in [9.17, 15) is 14.7 Å². The summed E-state index contributed by atoms with van der Waals surface area (Å²) in [7, 11) is 0. The van der Waals surface area contributed by atoms with Gasteiger partial charge in [0.1, 0.15) is 12.4 Å². The molecule has 1 saturated heterocycles. The highest BCUT2D eigenvalue weighted by atomic mass is 32.2. The first kappa shape index (κ1) is 31.1. The van der Waals surface area contributed by atoms with Gasteiger partial charge >= 0.3 is 5.91 Å². The molecule has 1 atom stereocenters. The molecule has 1 aliphatic heterocycles. The van der Waals surface area contributed by atoms with Gasteiger partial charge in [-0.15, -0.1) is 10.2 Å². The second-order valence-electron chi connectivity index (χ2n) is 10.6. The Morgan fingerprint density at radius 2 is 1.59 bits per heavy atom. The number of carbonyl (C=O) groups is 2. The van der Waals surface area contributed by atoms with Crippen LogP contribution in [0.3, 0.4) is 0 Å². The van der Waals surface area contributed by atoms with E-state index in [0.29, 0.717) is 45.9 Å². The molecule has 0 bridgehead atoms. The van der Waals surface area contributed by atoms with E-state index in [-0.39, 0.29) is 16.5 Å². The van der Waals surface area contributed by atoms with Crippen molar-refractivity contribution in [2.75, 3.05) is 11.5 Å². The van der Waals surface area contributed by atoms with Crippen LogP contribution in [0.25, 0.3) is 5.76 Å². The average molecular weight is 650 g/mol. The highest BCUT2D eigenvalue weighted by molar-refractivity contribution is 8.00. The van der Waals surface area contributed by atoms with Gasteiger partial charge in [-0.1, -0.05) is 120 Å². The lowest BCUT2D eigenvalue weighted by molar-refractivity contribution is -0.132. The Morgan fingerprint density at radius 3 is 2.30 bits per heavy atom. The minimum Gasteiger partial charge on any atom is -0.507 e. The van der Waals surface area contributed by atoms with E-state index in [1.165, 1.54) is 33.6 Å². The molecular weight excluding hydrogens is 619 g/mol. The monoisotopic (exact) mass is 649 g/mol. The largest absolute Gasteiger partial charge is 0.507 e. The molecule has 1 aromatic heterocycles. The number of ketones is 1. The first-order valence-corrected chi connectivity index (χ1v) is 16.5. The molecule has 1 aliphatic rings. The zero-order chi connectivity index (χ0) is 32.0. The fourth-order valence-corrected chi connectivity index (χ4v) is 6.93. The van der Waals surface area contributed by atoms with Crippen molar-refractivity contribution >= 4 is 45.7 Å². The molecule has 1 unspecified atom stereocenters. The van der Waals surface area contributed by atoms with Crippen LogP contribution in [-0.2, 0) is 21.9 Å². The summed E-state index contributed by atoms with van der Waals surface area (Å²) in [5, 5.41) is 20.4. The standard InChI is InChI=1S/C36H31N3O5S2/c1-3-43-29-20-27(18-19-28(29)44-21-24-10-6-4-7-11-24)31-30(32(40)26-12-8-5-9-13-26)33(41)34(42)39(31)35-37-38-36(46-35)45-22-25-16-14-23(2)15-17-25/h4-20,31,40H,3,21-22H2,1-2H3/b32-30+. The quantitative estimate of drug-likeness (QED) is 0.0510. The number of thioether (sulfide) groups is 1. The van der Waals surface area contributed by atoms with E-state index in [1.807, 2.05) is 50.2 Å². The van der Waals surface area contributed by atoms with E-state index in [4.69, 9.17) is 9.47 Å². The molecule has 5 aromatic rings. The maximum absolute atomic E-state index is 13.7. The molecule has 0 saturated carbocycles. The second-order valence-corrected chi connectivity index (χ2v) is 12.8. The Balaban J connectivity index is 1.38. The summed E-state index contributed by atoms with van der Waals surface area (Å²) in [6.07, 6.45) is 0. The lowest BCUT2D eigenvalue weighted by Crippen LogP contribution is -2.29. The van der Waals surface area contributed by atoms with E-state index in [2.05, 4.69) is 34.5 Å². The van der Waals surface area contributed by atoms with E-state index in [1.54, 1.807) is 42.5 Å². The summed E-state index contributed by atoms with van der Waals surface area (Å²) in [6.45, 7) is 4.61. The predicted octanol–water partition coefficient (Wildman–Crippen LogP) is 7.74. The smallest absolute Gasteiger partial charge is 0.301 e. The summed E-state index contributed by atoms with van der Waals surface area (Å²) in [5.41, 5.74) is 4.24. The number of carbonyl (C=O) groups excluding carboxylic acids is 2. The number of aryl methyl sites for hydroxylation is 1. The number of nitrogens with zero attached hydrogens (tertiary/aromatic N) is 3. The number of aromatic nitrogens is 2. The van der Waals surface area contributed by atoms with Gasteiger partial charge in [0.15, 0.2) is 15.8 Å². The molecule has 46 heavy (non-hydrogen) atoms. The van der Waals surface area contributed by atoms with Crippen LogP contribution in [0.2, 0.25) is 0 Å². The lowest BCUT2D eigenvalue weighted by atomic mass is 9.95. The summed E-state index contributed by atoms with van der Waals surface area (Å²) in [4.78, 5) is 28.7. The number of rotatable bonds is 11. The van der Waals surface area contributed by atoms with Gasteiger partial charge < -0.3 is 14.6 Å². The molecule has 0 radical (unpaired) electrons. The third-order valence-electron chi connectivity index (χ3n) is 7.40. The number of Topliss-reactive ketones (excluding diaryl/α,β-unsaturated/α-hetero) is 1. The Kier molecular flexibility index (Phi) is 9.46. The van der Waals surface area contributed by atoms with Crippen LogP contribution < -0.4 is 14.4 Å². The highest BCUT2D eigenvalue weighted by Gasteiger charge is 2.48. The fraction of sp³-hybridized carbons (Fsp3) is 0.167. The van der Waals surface area contributed by atoms with Crippen molar-refractivity contribution in [3.8, 4) is 11.5 Å². The van der Waals surface area contributed by atoms with Crippen LogP contribution in [-0.4, -0.2) is 33.6 Å². The van der Waals surface area contributed by atoms with Crippen molar-refractivity contribution in [3.05, 3.63) is 137 Å². The zero-order valence-electron chi connectivity index (χ0n) is 25.3. The van der Waals surface area contributed by atoms with Gasteiger partial charge in [0, 0.05) is 11.3 Å². The van der Waals surface area contributed by atoms with Gasteiger partial charge in [-0.05, 0) is 42.7 Å². The number of aliphatic hydroxyl groups excluding tert-OH is 1. The molecule has 1 amide bonds. The fourth-order valence-electron chi connectivity index (χ4n) is 5.10. The van der Waals surface area contributed by atoms with Gasteiger partial charge in [0.2, 0.25) is 5.13 Å². The Bertz CT molecular complexity index is 1880. The van der Waals surface area contributed by atoms with Gasteiger partial charge in [-0.2, -0.15) is 0 Å². The van der Waals surface area contributed by atoms with Gasteiger partial charge in [-0.25, -0.2) is 0 Å². The van der Waals surface area contributed by atoms with Crippen molar-refractivity contribution in [2.45, 2.75) is 36.6 Å².